The first-order chi connectivity index (χ1) is 16.0. The Bertz CT molecular complexity index is 1130. The number of cyclic esters (lactones) is 1. The van der Waals surface area contributed by atoms with Crippen LogP contribution in [0.1, 0.15) is 43.5 Å². The van der Waals surface area contributed by atoms with Crippen LogP contribution in [0.15, 0.2) is 34.0 Å². The van der Waals surface area contributed by atoms with Crippen molar-refractivity contribution in [3.63, 3.8) is 0 Å². The molecule has 2 heterocycles. The third kappa shape index (κ3) is 4.66. The summed E-state index contributed by atoms with van der Waals surface area (Å²) in [7, 11) is 0. The first kappa shape index (κ1) is 23.5. The number of non-ortho nitro benzene ring substituents is 2. The van der Waals surface area contributed by atoms with E-state index in [0.717, 1.165) is 31.0 Å². The fraction of sp³-hybridized carbons (Fsp3) is 0.450. The molecule has 2 atom stereocenters. The largest absolute Gasteiger partial charge is 0.447 e. The molecule has 0 radical (unpaired) electrons. The van der Waals surface area contributed by atoms with Crippen molar-refractivity contribution in [1.29, 1.82) is 0 Å². The van der Waals surface area contributed by atoms with Crippen LogP contribution in [0.2, 0.25) is 0 Å². The van der Waals surface area contributed by atoms with E-state index in [-0.39, 0.29) is 29.3 Å². The lowest BCUT2D eigenvalue weighted by molar-refractivity contribution is -0.394. The lowest BCUT2D eigenvalue weighted by Gasteiger charge is -2.24. The van der Waals surface area contributed by atoms with Crippen molar-refractivity contribution in [3.05, 3.63) is 50.2 Å². The Hall–Kier alpha value is -3.68. The van der Waals surface area contributed by atoms with Gasteiger partial charge in [0.25, 0.3) is 22.5 Å². The van der Waals surface area contributed by atoms with Crippen LogP contribution in [0.4, 0.5) is 22.1 Å². The normalized spacial score (nSPS) is 21.4. The number of aromatic nitrogens is 1. The topological polar surface area (TPSA) is 171 Å². The molecule has 2 aromatic rings. The van der Waals surface area contributed by atoms with Crippen molar-refractivity contribution in [1.82, 2.24) is 10.3 Å². The fourth-order valence-electron chi connectivity index (χ4n) is 3.96. The predicted molar refractivity (Wildman–Crippen MR) is 119 cm³/mol. The molecule has 34 heavy (non-hydrogen) atoms. The number of oxazole rings is 1. The van der Waals surface area contributed by atoms with Gasteiger partial charge in [0.15, 0.2) is 0 Å². The Kier molecular flexibility index (Phi) is 6.17. The molecule has 1 saturated heterocycles. The van der Waals surface area contributed by atoms with Crippen LogP contribution in [-0.2, 0) is 4.74 Å². The molecule has 180 valence electrons. The van der Waals surface area contributed by atoms with Crippen LogP contribution in [0, 0.1) is 20.2 Å². The summed E-state index contributed by atoms with van der Waals surface area (Å²) in [6.07, 6.45) is 3.15. The highest BCUT2D eigenvalue weighted by molar-refractivity contribution is 7.99. The molecule has 0 bridgehead atoms. The number of benzene rings is 1. The van der Waals surface area contributed by atoms with Gasteiger partial charge in [-0.15, -0.1) is 0 Å². The molecule has 4 rings (SSSR count). The quantitative estimate of drug-likeness (QED) is 0.445. The zero-order chi connectivity index (χ0) is 24.6. The zero-order valence-corrected chi connectivity index (χ0v) is 19.1. The van der Waals surface area contributed by atoms with Crippen LogP contribution < -0.4 is 10.2 Å². The van der Waals surface area contributed by atoms with E-state index >= 15 is 0 Å². The number of ether oxygens (including phenoxy) is 1. The smallest absolute Gasteiger partial charge is 0.417 e. The number of nitro groups is 2. The number of amides is 2. The number of nitrogens with one attached hydrogen (secondary N) is 1. The highest BCUT2D eigenvalue weighted by atomic mass is 32.2. The molecular weight excluding hydrogens is 470 g/mol. The second-order valence-electron chi connectivity index (χ2n) is 8.59. The van der Waals surface area contributed by atoms with Gasteiger partial charge >= 0.3 is 6.09 Å². The molecule has 1 aliphatic carbocycles. The summed E-state index contributed by atoms with van der Waals surface area (Å²) >= 11 is 1.31. The molecule has 2 amide bonds. The molecule has 1 aromatic carbocycles. The van der Waals surface area contributed by atoms with Gasteiger partial charge in [0.05, 0.1) is 33.2 Å². The molecule has 13 nitrogen and oxygen atoms in total. The van der Waals surface area contributed by atoms with Crippen molar-refractivity contribution in [3.8, 4) is 0 Å². The molecule has 2 unspecified atom stereocenters. The number of carbonyl (C=O) groups excluding carboxylic acids is 2. The molecule has 0 spiro atoms. The third-order valence-electron chi connectivity index (χ3n) is 5.64. The van der Waals surface area contributed by atoms with Crippen molar-refractivity contribution < 1.29 is 28.6 Å². The third-order valence-corrected chi connectivity index (χ3v) is 6.89. The maximum absolute atomic E-state index is 12.8. The molecular formula is C20H21N5O8S. The van der Waals surface area contributed by atoms with Gasteiger partial charge < -0.3 is 14.5 Å². The number of anilines is 1. The zero-order valence-electron chi connectivity index (χ0n) is 18.3. The van der Waals surface area contributed by atoms with Crippen molar-refractivity contribution >= 4 is 41.0 Å². The van der Waals surface area contributed by atoms with Gasteiger partial charge in [0, 0.05) is 23.4 Å². The lowest BCUT2D eigenvalue weighted by atomic mass is 10.1. The summed E-state index contributed by atoms with van der Waals surface area (Å²) in [5.74, 6) is -0.378. The van der Waals surface area contributed by atoms with Crippen LogP contribution in [0.25, 0.3) is 0 Å². The summed E-state index contributed by atoms with van der Waals surface area (Å²) in [6.45, 7) is 3.91. The Morgan fingerprint density at radius 1 is 1.21 bits per heavy atom. The van der Waals surface area contributed by atoms with E-state index in [1.807, 2.05) is 13.8 Å². The Labute approximate surface area is 197 Å². The summed E-state index contributed by atoms with van der Waals surface area (Å²) in [5, 5.41) is 25.2. The first-order valence-electron chi connectivity index (χ1n) is 10.4. The van der Waals surface area contributed by atoms with E-state index in [4.69, 9.17) is 9.15 Å². The van der Waals surface area contributed by atoms with Crippen LogP contribution >= 0.6 is 11.8 Å². The number of carbonyl (C=O) groups is 2. The molecule has 1 aliphatic heterocycles. The first-order valence-corrected chi connectivity index (χ1v) is 11.3. The molecule has 14 heteroatoms. The van der Waals surface area contributed by atoms with E-state index in [2.05, 4.69) is 10.3 Å². The summed E-state index contributed by atoms with van der Waals surface area (Å²) < 4.78 is 10.9. The highest BCUT2D eigenvalue weighted by Gasteiger charge is 2.43. The standard InChI is InChI=1S/C20H21N5O8S/c1-20(2)10-32-19(27)23(20)16-9-21-18(33-16)34-15-5-3-4-14(15)22-17(26)11-6-12(24(28)29)8-13(7-11)25(30)31/h6-9,14-15H,3-5,10H2,1-2H3,(H,22,26). The summed E-state index contributed by atoms with van der Waals surface area (Å²) in [5.41, 5.74) is -1.81. The average Bonchev–Trinajstić information content (AvgIpc) is 3.47. The van der Waals surface area contributed by atoms with Crippen molar-refractivity contribution in [2.75, 3.05) is 11.5 Å². The predicted octanol–water partition coefficient (Wildman–Crippen LogP) is 3.67. The van der Waals surface area contributed by atoms with Crippen LogP contribution in [0.5, 0.6) is 0 Å². The Morgan fingerprint density at radius 3 is 2.47 bits per heavy atom. The van der Waals surface area contributed by atoms with Gasteiger partial charge in [0.1, 0.15) is 6.61 Å². The minimum absolute atomic E-state index is 0.109. The summed E-state index contributed by atoms with van der Waals surface area (Å²) in [4.78, 5) is 51.1. The highest BCUT2D eigenvalue weighted by Crippen LogP contribution is 2.38. The van der Waals surface area contributed by atoms with E-state index in [9.17, 15) is 29.8 Å². The second kappa shape index (κ2) is 8.93. The van der Waals surface area contributed by atoms with E-state index < -0.39 is 38.8 Å². The lowest BCUT2D eigenvalue weighted by Crippen LogP contribution is -2.41. The fourth-order valence-corrected chi connectivity index (χ4v) is 5.12. The van der Waals surface area contributed by atoms with E-state index in [1.165, 1.54) is 22.9 Å². The number of nitro benzene ring substituents is 2. The number of hydrogen-bond donors (Lipinski definition) is 1. The molecule has 1 aromatic heterocycles. The Balaban J connectivity index is 1.46. The van der Waals surface area contributed by atoms with E-state index in [0.29, 0.717) is 11.6 Å². The van der Waals surface area contributed by atoms with E-state index in [1.54, 1.807) is 0 Å². The number of thioether (sulfide) groups is 1. The minimum Gasteiger partial charge on any atom is -0.447 e. The molecule has 2 fully saturated rings. The van der Waals surface area contributed by atoms with Gasteiger partial charge in [-0.3, -0.25) is 25.0 Å². The van der Waals surface area contributed by atoms with Gasteiger partial charge in [0.2, 0.25) is 5.88 Å². The maximum atomic E-state index is 12.8. The minimum atomic E-state index is -0.782. The van der Waals surface area contributed by atoms with Crippen LogP contribution in [0.3, 0.4) is 0 Å². The number of hydrogen-bond acceptors (Lipinski definition) is 10. The number of rotatable bonds is 7. The molecule has 2 aliphatic rings. The average molecular weight is 491 g/mol. The SMILES string of the molecule is CC1(C)COC(=O)N1c1cnc(SC2CCCC2NC(=O)c2cc([N+](=O)[O-])cc([N+](=O)[O-])c2)o1. The summed E-state index contributed by atoms with van der Waals surface area (Å²) in [6, 6.07) is 2.52. The van der Waals surface area contributed by atoms with Crippen LogP contribution in [-0.4, -0.2) is 50.3 Å². The molecule has 1 saturated carbocycles. The van der Waals surface area contributed by atoms with Crippen molar-refractivity contribution in [2.24, 2.45) is 0 Å². The van der Waals surface area contributed by atoms with Gasteiger partial charge in [-0.05, 0) is 26.7 Å². The van der Waals surface area contributed by atoms with Crippen molar-refractivity contribution in [2.45, 2.75) is 55.2 Å². The second-order valence-corrected chi connectivity index (χ2v) is 9.78. The Morgan fingerprint density at radius 2 is 1.88 bits per heavy atom. The monoisotopic (exact) mass is 491 g/mol. The van der Waals surface area contributed by atoms with Gasteiger partial charge in [-0.25, -0.2) is 14.7 Å². The number of nitrogens with zero attached hydrogens (tertiary/aromatic N) is 4. The van der Waals surface area contributed by atoms with Gasteiger partial charge in [-0.2, -0.15) is 0 Å². The molecule has 1 N–H and O–H groups in total. The van der Waals surface area contributed by atoms with Gasteiger partial charge in [-0.1, -0.05) is 18.2 Å². The maximum Gasteiger partial charge on any atom is 0.417 e.